The van der Waals surface area contributed by atoms with Gasteiger partial charge in [0, 0.05) is 24.2 Å². The Morgan fingerprint density at radius 3 is 3.00 bits per heavy atom. The number of amides is 1. The lowest BCUT2D eigenvalue weighted by atomic mass is 10.0. The Balaban J connectivity index is 2.01. The predicted octanol–water partition coefficient (Wildman–Crippen LogP) is 0.987. The molecule has 1 amide bonds. The van der Waals surface area contributed by atoms with Crippen LogP contribution in [0.5, 0.6) is 0 Å². The topological polar surface area (TPSA) is 58.4 Å². The highest BCUT2D eigenvalue weighted by atomic mass is 16.1. The molecular formula is C17H23N3O. The van der Waals surface area contributed by atoms with Gasteiger partial charge in [0.05, 0.1) is 6.54 Å². The molecular weight excluding hydrogens is 262 g/mol. The zero-order valence-electron chi connectivity index (χ0n) is 12.8. The van der Waals surface area contributed by atoms with Gasteiger partial charge in [0.2, 0.25) is 0 Å². The first-order chi connectivity index (χ1) is 10.1. The van der Waals surface area contributed by atoms with Crippen molar-refractivity contribution in [1.82, 2.24) is 10.2 Å². The van der Waals surface area contributed by atoms with Gasteiger partial charge < -0.3 is 16.0 Å². The maximum atomic E-state index is 12.3. The zero-order chi connectivity index (χ0) is 15.2. The minimum Gasteiger partial charge on any atom is -0.352 e. The molecule has 0 aromatic heterocycles. The fraction of sp³-hybridized carbons (Fsp3) is 0.471. The van der Waals surface area contributed by atoms with Crippen LogP contribution in [0.3, 0.4) is 0 Å². The number of carbonyl (C=O) groups is 1. The van der Waals surface area contributed by atoms with Crippen LogP contribution in [0.2, 0.25) is 0 Å². The number of rotatable bonds is 3. The molecule has 1 heterocycles. The molecule has 0 spiro atoms. The Morgan fingerprint density at radius 2 is 2.33 bits per heavy atom. The number of nitrogens with zero attached hydrogens (tertiary/aromatic N) is 1. The molecule has 21 heavy (non-hydrogen) atoms. The summed E-state index contributed by atoms with van der Waals surface area (Å²) < 4.78 is 0. The van der Waals surface area contributed by atoms with Crippen LogP contribution in [0.4, 0.5) is 0 Å². The highest BCUT2D eigenvalue weighted by molar-refractivity contribution is 5.96. The molecule has 1 fully saturated rings. The number of carbonyl (C=O) groups excluding carboxylic acids is 1. The van der Waals surface area contributed by atoms with Gasteiger partial charge in [0.15, 0.2) is 0 Å². The molecule has 0 saturated carbocycles. The summed E-state index contributed by atoms with van der Waals surface area (Å²) in [6, 6.07) is 5.69. The van der Waals surface area contributed by atoms with E-state index >= 15 is 0 Å². The third-order valence-corrected chi connectivity index (χ3v) is 3.86. The normalized spacial score (nSPS) is 18.1. The lowest BCUT2D eigenvalue weighted by molar-refractivity contribution is 0.0947. The van der Waals surface area contributed by atoms with Crippen LogP contribution in [0.1, 0.15) is 27.9 Å². The molecule has 1 aromatic rings. The quantitative estimate of drug-likeness (QED) is 0.814. The van der Waals surface area contributed by atoms with Crippen molar-refractivity contribution in [2.24, 2.45) is 11.7 Å². The molecule has 1 saturated heterocycles. The Hall–Kier alpha value is -1.83. The Kier molecular flexibility index (Phi) is 5.38. The van der Waals surface area contributed by atoms with E-state index in [1.165, 1.54) is 0 Å². The van der Waals surface area contributed by atoms with E-state index in [0.29, 0.717) is 18.0 Å². The Morgan fingerprint density at radius 1 is 1.52 bits per heavy atom. The molecule has 0 bridgehead atoms. The third kappa shape index (κ3) is 4.32. The first-order valence-corrected chi connectivity index (χ1v) is 7.36. The van der Waals surface area contributed by atoms with Gasteiger partial charge in [-0.15, -0.1) is 0 Å². The highest BCUT2D eigenvalue weighted by Gasteiger charge is 2.20. The van der Waals surface area contributed by atoms with Crippen molar-refractivity contribution in [3.63, 3.8) is 0 Å². The summed E-state index contributed by atoms with van der Waals surface area (Å²) in [6.07, 6.45) is 1.15. The first kappa shape index (κ1) is 15.6. The fourth-order valence-electron chi connectivity index (χ4n) is 2.62. The van der Waals surface area contributed by atoms with Crippen LogP contribution in [0, 0.1) is 24.7 Å². The smallest absolute Gasteiger partial charge is 0.251 e. The number of benzene rings is 1. The van der Waals surface area contributed by atoms with E-state index in [4.69, 9.17) is 5.73 Å². The van der Waals surface area contributed by atoms with Crippen molar-refractivity contribution < 1.29 is 4.79 Å². The summed E-state index contributed by atoms with van der Waals surface area (Å²) >= 11 is 0. The number of nitrogens with two attached hydrogens (primary N) is 1. The van der Waals surface area contributed by atoms with E-state index in [0.717, 1.165) is 37.2 Å². The lowest BCUT2D eigenvalue weighted by Gasteiger charge is -2.13. The second kappa shape index (κ2) is 7.26. The summed E-state index contributed by atoms with van der Waals surface area (Å²) in [5.41, 5.74) is 7.87. The van der Waals surface area contributed by atoms with Crippen LogP contribution < -0.4 is 11.1 Å². The van der Waals surface area contributed by atoms with E-state index < -0.39 is 0 Å². The summed E-state index contributed by atoms with van der Waals surface area (Å²) in [5, 5.41) is 3.05. The van der Waals surface area contributed by atoms with Gasteiger partial charge in [-0.3, -0.25) is 4.79 Å². The van der Waals surface area contributed by atoms with E-state index in [9.17, 15) is 4.79 Å². The van der Waals surface area contributed by atoms with Gasteiger partial charge in [0.25, 0.3) is 5.91 Å². The molecule has 4 heteroatoms. The summed E-state index contributed by atoms with van der Waals surface area (Å²) in [6.45, 7) is 5.18. The standard InChI is InChI=1S/C17H23N3O/c1-13-5-6-14(4-3-8-18)10-16(13)17(21)19-11-15-7-9-20(2)12-15/h5-6,10,15H,7-9,11-12,18H2,1-2H3,(H,19,21). The van der Waals surface area contributed by atoms with Crippen molar-refractivity contribution in [2.75, 3.05) is 33.2 Å². The maximum absolute atomic E-state index is 12.3. The van der Waals surface area contributed by atoms with Crippen molar-refractivity contribution in [2.45, 2.75) is 13.3 Å². The zero-order valence-corrected chi connectivity index (χ0v) is 12.8. The van der Waals surface area contributed by atoms with Gasteiger partial charge in [0.1, 0.15) is 0 Å². The minimum absolute atomic E-state index is 0.0153. The molecule has 1 atom stereocenters. The van der Waals surface area contributed by atoms with Crippen molar-refractivity contribution in [3.8, 4) is 11.8 Å². The summed E-state index contributed by atoms with van der Waals surface area (Å²) in [7, 11) is 2.12. The summed E-state index contributed by atoms with van der Waals surface area (Å²) in [4.78, 5) is 14.6. The van der Waals surface area contributed by atoms with Crippen molar-refractivity contribution in [1.29, 1.82) is 0 Å². The molecule has 1 unspecified atom stereocenters. The van der Waals surface area contributed by atoms with Crippen LogP contribution >= 0.6 is 0 Å². The largest absolute Gasteiger partial charge is 0.352 e. The second-order valence-corrected chi connectivity index (χ2v) is 5.66. The number of nitrogens with one attached hydrogen (secondary N) is 1. The van der Waals surface area contributed by atoms with E-state index in [-0.39, 0.29) is 5.91 Å². The Bertz CT molecular complexity index is 571. The van der Waals surface area contributed by atoms with Crippen LogP contribution in [-0.4, -0.2) is 44.0 Å². The number of hydrogen-bond acceptors (Lipinski definition) is 3. The molecule has 0 radical (unpaired) electrons. The number of aryl methyl sites for hydroxylation is 1. The maximum Gasteiger partial charge on any atom is 0.251 e. The monoisotopic (exact) mass is 285 g/mol. The highest BCUT2D eigenvalue weighted by Crippen LogP contribution is 2.14. The Labute approximate surface area is 126 Å². The van der Waals surface area contributed by atoms with Crippen LogP contribution in [-0.2, 0) is 0 Å². The number of likely N-dealkylation sites (tertiary alicyclic amines) is 1. The van der Waals surface area contributed by atoms with E-state index in [2.05, 4.69) is 29.1 Å². The number of hydrogen-bond donors (Lipinski definition) is 2. The molecule has 3 N–H and O–H groups in total. The predicted molar refractivity (Wildman–Crippen MR) is 85.0 cm³/mol. The van der Waals surface area contributed by atoms with Gasteiger partial charge in [-0.2, -0.15) is 0 Å². The van der Waals surface area contributed by atoms with E-state index in [1.54, 1.807) is 0 Å². The average molecular weight is 285 g/mol. The van der Waals surface area contributed by atoms with Gasteiger partial charge >= 0.3 is 0 Å². The fourth-order valence-corrected chi connectivity index (χ4v) is 2.62. The van der Waals surface area contributed by atoms with Crippen LogP contribution in [0.15, 0.2) is 18.2 Å². The SMILES string of the molecule is Cc1ccc(C#CCN)cc1C(=O)NCC1CCN(C)C1. The molecule has 0 aliphatic carbocycles. The second-order valence-electron chi connectivity index (χ2n) is 5.66. The van der Waals surface area contributed by atoms with Gasteiger partial charge in [-0.1, -0.05) is 17.9 Å². The van der Waals surface area contributed by atoms with E-state index in [1.807, 2.05) is 25.1 Å². The molecule has 112 valence electrons. The first-order valence-electron chi connectivity index (χ1n) is 7.36. The van der Waals surface area contributed by atoms with Crippen molar-refractivity contribution >= 4 is 5.91 Å². The summed E-state index contributed by atoms with van der Waals surface area (Å²) in [5.74, 6) is 6.32. The van der Waals surface area contributed by atoms with Crippen LogP contribution in [0.25, 0.3) is 0 Å². The molecule has 1 aliphatic heterocycles. The lowest BCUT2D eigenvalue weighted by Crippen LogP contribution is -2.30. The molecule has 4 nitrogen and oxygen atoms in total. The minimum atomic E-state index is -0.0153. The molecule has 2 rings (SSSR count). The van der Waals surface area contributed by atoms with Gasteiger partial charge in [-0.25, -0.2) is 0 Å². The molecule has 1 aromatic carbocycles. The van der Waals surface area contributed by atoms with Crippen molar-refractivity contribution in [3.05, 3.63) is 34.9 Å². The average Bonchev–Trinajstić information content (AvgIpc) is 2.89. The molecule has 1 aliphatic rings. The van der Waals surface area contributed by atoms with Gasteiger partial charge in [-0.05, 0) is 50.6 Å². The third-order valence-electron chi connectivity index (χ3n) is 3.86.